The number of aryl methyl sites for hydroxylation is 1. The molecule has 120 valence electrons. The normalized spacial score (nSPS) is 15.1. The molecule has 0 aliphatic heterocycles. The Morgan fingerprint density at radius 3 is 2.64 bits per heavy atom. The second-order valence-corrected chi connectivity index (χ2v) is 5.32. The Bertz CT molecular complexity index is 546. The fraction of sp³-hybridized carbons (Fsp3) is 0.533. The van der Waals surface area contributed by atoms with Gasteiger partial charge in [0, 0.05) is 6.04 Å². The van der Waals surface area contributed by atoms with Crippen molar-refractivity contribution in [2.75, 3.05) is 6.61 Å². The highest BCUT2D eigenvalue weighted by atomic mass is 16.5. The van der Waals surface area contributed by atoms with Crippen LogP contribution in [0.25, 0.3) is 0 Å². The molecule has 2 rings (SSSR count). The fourth-order valence-electron chi connectivity index (χ4n) is 2.44. The molecule has 1 aromatic rings. The third kappa shape index (κ3) is 4.61. The van der Waals surface area contributed by atoms with Crippen molar-refractivity contribution in [2.45, 2.75) is 45.1 Å². The maximum absolute atomic E-state index is 11.7. The van der Waals surface area contributed by atoms with Crippen molar-refractivity contribution < 1.29 is 23.5 Å². The van der Waals surface area contributed by atoms with Crippen LogP contribution in [0.1, 0.15) is 48.2 Å². The number of amides is 3. The van der Waals surface area contributed by atoms with E-state index in [1.807, 2.05) is 0 Å². The molecule has 22 heavy (non-hydrogen) atoms. The summed E-state index contributed by atoms with van der Waals surface area (Å²) in [5.74, 6) is -0.905. The Kier molecular flexibility index (Phi) is 5.57. The molecule has 2 N–H and O–H groups in total. The maximum Gasteiger partial charge on any atom is 0.342 e. The van der Waals surface area contributed by atoms with Gasteiger partial charge in [-0.1, -0.05) is 19.3 Å². The first-order chi connectivity index (χ1) is 10.6. The number of hydrogen-bond acceptors (Lipinski definition) is 5. The van der Waals surface area contributed by atoms with Crippen molar-refractivity contribution in [3.63, 3.8) is 0 Å². The molecule has 1 aliphatic rings. The molecule has 0 spiro atoms. The molecule has 7 heteroatoms. The lowest BCUT2D eigenvalue weighted by atomic mass is 9.96. The fourth-order valence-corrected chi connectivity index (χ4v) is 2.44. The molecule has 1 fully saturated rings. The van der Waals surface area contributed by atoms with E-state index in [0.29, 0.717) is 5.76 Å². The summed E-state index contributed by atoms with van der Waals surface area (Å²) in [6.45, 7) is 1.11. The van der Waals surface area contributed by atoms with Crippen molar-refractivity contribution in [3.8, 4) is 0 Å². The van der Waals surface area contributed by atoms with Gasteiger partial charge in [-0.3, -0.25) is 10.1 Å². The summed E-state index contributed by atoms with van der Waals surface area (Å²) in [6, 6.07) is 1.02. The molecule has 0 radical (unpaired) electrons. The van der Waals surface area contributed by atoms with E-state index in [2.05, 4.69) is 10.6 Å². The summed E-state index contributed by atoms with van der Waals surface area (Å²) < 4.78 is 9.80. The van der Waals surface area contributed by atoms with E-state index in [4.69, 9.17) is 9.15 Å². The average molecular weight is 308 g/mol. The number of carbonyl (C=O) groups excluding carboxylic acids is 3. The third-order valence-electron chi connectivity index (χ3n) is 3.61. The van der Waals surface area contributed by atoms with Crippen LogP contribution in [0.2, 0.25) is 0 Å². The van der Waals surface area contributed by atoms with Gasteiger partial charge in [-0.15, -0.1) is 0 Å². The number of urea groups is 1. The number of imide groups is 1. The van der Waals surface area contributed by atoms with Crippen molar-refractivity contribution >= 4 is 17.9 Å². The van der Waals surface area contributed by atoms with Gasteiger partial charge in [0.15, 0.2) is 6.61 Å². The van der Waals surface area contributed by atoms with Crippen molar-refractivity contribution in [3.05, 3.63) is 23.7 Å². The predicted octanol–water partition coefficient (Wildman–Crippen LogP) is 1.90. The summed E-state index contributed by atoms with van der Waals surface area (Å²) in [5, 5.41) is 4.90. The molecule has 1 aromatic heterocycles. The van der Waals surface area contributed by atoms with Crippen molar-refractivity contribution in [1.82, 2.24) is 10.6 Å². The van der Waals surface area contributed by atoms with Gasteiger partial charge in [-0.25, -0.2) is 9.59 Å². The monoisotopic (exact) mass is 308 g/mol. The van der Waals surface area contributed by atoms with Crippen LogP contribution < -0.4 is 10.6 Å². The molecule has 0 atom stereocenters. The lowest BCUT2D eigenvalue weighted by Gasteiger charge is -2.22. The van der Waals surface area contributed by atoms with Crippen LogP contribution in [0.5, 0.6) is 0 Å². The Morgan fingerprint density at radius 2 is 2.00 bits per heavy atom. The Hall–Kier alpha value is -2.31. The predicted molar refractivity (Wildman–Crippen MR) is 77.3 cm³/mol. The Morgan fingerprint density at radius 1 is 1.27 bits per heavy atom. The van der Waals surface area contributed by atoms with Crippen LogP contribution in [0.3, 0.4) is 0 Å². The van der Waals surface area contributed by atoms with E-state index in [9.17, 15) is 14.4 Å². The lowest BCUT2D eigenvalue weighted by Crippen LogP contribution is -2.46. The first-order valence-corrected chi connectivity index (χ1v) is 7.38. The molecule has 7 nitrogen and oxygen atoms in total. The van der Waals surface area contributed by atoms with E-state index in [1.165, 1.54) is 18.8 Å². The van der Waals surface area contributed by atoms with Crippen LogP contribution >= 0.6 is 0 Å². The molecular formula is C15H20N2O5. The molecule has 0 aromatic carbocycles. The molecule has 0 bridgehead atoms. The van der Waals surface area contributed by atoms with Gasteiger partial charge < -0.3 is 14.5 Å². The van der Waals surface area contributed by atoms with Crippen molar-refractivity contribution in [2.24, 2.45) is 0 Å². The summed E-state index contributed by atoms with van der Waals surface area (Å²) in [6.07, 6.45) is 6.57. The van der Waals surface area contributed by atoms with Gasteiger partial charge in [0.25, 0.3) is 5.91 Å². The minimum absolute atomic E-state index is 0.109. The smallest absolute Gasteiger partial charge is 0.342 e. The Labute approximate surface area is 128 Å². The minimum Gasteiger partial charge on any atom is -0.469 e. The van der Waals surface area contributed by atoms with E-state index < -0.39 is 24.5 Å². The van der Waals surface area contributed by atoms with Crippen LogP contribution in [0.4, 0.5) is 4.79 Å². The highest BCUT2D eigenvalue weighted by Crippen LogP contribution is 2.17. The highest BCUT2D eigenvalue weighted by molar-refractivity contribution is 5.97. The first kappa shape index (κ1) is 16.1. The standard InChI is InChI=1S/C15H20N2O5/c1-10-12(7-8-21-10)14(19)22-9-13(18)17-15(20)16-11-5-3-2-4-6-11/h7-8,11H,2-6,9H2,1H3,(H2,16,17,18,20). The number of rotatable bonds is 4. The first-order valence-electron chi connectivity index (χ1n) is 7.38. The Balaban J connectivity index is 1.70. The van der Waals surface area contributed by atoms with E-state index in [-0.39, 0.29) is 11.6 Å². The zero-order valence-electron chi connectivity index (χ0n) is 12.5. The van der Waals surface area contributed by atoms with Gasteiger partial charge in [-0.2, -0.15) is 0 Å². The molecule has 3 amide bonds. The molecular weight excluding hydrogens is 288 g/mol. The van der Waals surface area contributed by atoms with Crippen LogP contribution in [0.15, 0.2) is 16.7 Å². The number of ether oxygens (including phenoxy) is 1. The third-order valence-corrected chi connectivity index (χ3v) is 3.61. The summed E-state index contributed by atoms with van der Waals surface area (Å²) in [7, 11) is 0. The molecule has 0 unspecified atom stereocenters. The van der Waals surface area contributed by atoms with Gasteiger partial charge in [-0.05, 0) is 25.8 Å². The topological polar surface area (TPSA) is 97.6 Å². The second kappa shape index (κ2) is 7.63. The number of furan rings is 1. The summed E-state index contributed by atoms with van der Waals surface area (Å²) in [5.41, 5.74) is 0.263. The van der Waals surface area contributed by atoms with Crippen LogP contribution in [0, 0.1) is 6.92 Å². The zero-order valence-corrected chi connectivity index (χ0v) is 12.5. The average Bonchev–Trinajstić information content (AvgIpc) is 2.92. The second-order valence-electron chi connectivity index (χ2n) is 5.32. The SMILES string of the molecule is Cc1occc1C(=O)OCC(=O)NC(=O)NC1CCCCC1. The van der Waals surface area contributed by atoms with E-state index in [0.717, 1.165) is 25.7 Å². The number of hydrogen-bond donors (Lipinski definition) is 2. The quantitative estimate of drug-likeness (QED) is 0.828. The summed E-state index contributed by atoms with van der Waals surface area (Å²) >= 11 is 0. The molecule has 0 saturated heterocycles. The number of nitrogens with one attached hydrogen (secondary N) is 2. The maximum atomic E-state index is 11.7. The van der Waals surface area contributed by atoms with E-state index >= 15 is 0 Å². The molecule has 1 heterocycles. The van der Waals surface area contributed by atoms with Gasteiger partial charge in [0.2, 0.25) is 0 Å². The van der Waals surface area contributed by atoms with Crippen LogP contribution in [-0.2, 0) is 9.53 Å². The van der Waals surface area contributed by atoms with Crippen LogP contribution in [-0.4, -0.2) is 30.6 Å². The van der Waals surface area contributed by atoms with Gasteiger partial charge >= 0.3 is 12.0 Å². The van der Waals surface area contributed by atoms with Gasteiger partial charge in [0.1, 0.15) is 11.3 Å². The highest BCUT2D eigenvalue weighted by Gasteiger charge is 2.18. The summed E-state index contributed by atoms with van der Waals surface area (Å²) in [4.78, 5) is 34.9. The number of esters is 1. The van der Waals surface area contributed by atoms with E-state index in [1.54, 1.807) is 6.92 Å². The van der Waals surface area contributed by atoms with Crippen molar-refractivity contribution in [1.29, 1.82) is 0 Å². The zero-order chi connectivity index (χ0) is 15.9. The lowest BCUT2D eigenvalue weighted by molar-refractivity contribution is -0.123. The molecule has 1 saturated carbocycles. The molecule has 1 aliphatic carbocycles. The minimum atomic E-state index is -0.664. The van der Waals surface area contributed by atoms with Gasteiger partial charge in [0.05, 0.1) is 6.26 Å². The largest absolute Gasteiger partial charge is 0.469 e. The number of carbonyl (C=O) groups is 3.